The molecule has 2 aromatic carbocycles. The number of carbonyl (C=O) groups excluding carboxylic acids is 1. The highest BCUT2D eigenvalue weighted by Crippen LogP contribution is 2.47. The van der Waals surface area contributed by atoms with Gasteiger partial charge in [0.15, 0.2) is 5.78 Å². The second kappa shape index (κ2) is 5.28. The first-order valence-corrected chi connectivity index (χ1v) is 8.01. The molecule has 0 spiro atoms. The van der Waals surface area contributed by atoms with Crippen LogP contribution in [-0.2, 0) is 0 Å². The van der Waals surface area contributed by atoms with Gasteiger partial charge in [-0.05, 0) is 19.4 Å². The van der Waals surface area contributed by atoms with E-state index in [4.69, 9.17) is 0 Å². The first kappa shape index (κ1) is 14.6. The van der Waals surface area contributed by atoms with Crippen molar-refractivity contribution in [3.8, 4) is 6.07 Å². The van der Waals surface area contributed by atoms with Crippen LogP contribution in [0.4, 0.5) is 0 Å². The van der Waals surface area contributed by atoms with Gasteiger partial charge in [-0.2, -0.15) is 5.26 Å². The fraction of sp³-hybridized carbons (Fsp3) is 0.190. The minimum absolute atomic E-state index is 0.00248. The Kier molecular flexibility index (Phi) is 3.21. The Morgan fingerprint density at radius 1 is 1.00 bits per heavy atom. The number of ketones is 1. The van der Waals surface area contributed by atoms with E-state index in [2.05, 4.69) is 11.1 Å². The summed E-state index contributed by atoms with van der Waals surface area (Å²) < 4.78 is 0. The molecule has 0 N–H and O–H groups in total. The van der Waals surface area contributed by atoms with Gasteiger partial charge in [0, 0.05) is 28.3 Å². The van der Waals surface area contributed by atoms with Gasteiger partial charge in [0.1, 0.15) is 0 Å². The number of benzene rings is 2. The van der Waals surface area contributed by atoms with E-state index in [1.165, 1.54) is 0 Å². The summed E-state index contributed by atoms with van der Waals surface area (Å²) in [6.45, 7) is 3.91. The molecule has 116 valence electrons. The summed E-state index contributed by atoms with van der Waals surface area (Å²) in [7, 11) is 0. The molecule has 0 saturated carbocycles. The molecule has 1 heterocycles. The lowest BCUT2D eigenvalue weighted by Gasteiger charge is -2.27. The third-order valence-corrected chi connectivity index (χ3v) is 4.88. The molecule has 0 amide bonds. The van der Waals surface area contributed by atoms with Crippen molar-refractivity contribution in [1.82, 2.24) is 0 Å². The lowest BCUT2D eigenvalue weighted by molar-refractivity contribution is 0.103. The van der Waals surface area contributed by atoms with Crippen LogP contribution in [0.1, 0.15) is 39.9 Å². The van der Waals surface area contributed by atoms with E-state index in [1.54, 1.807) is 0 Å². The first-order chi connectivity index (χ1) is 11.6. The van der Waals surface area contributed by atoms with Crippen LogP contribution in [0.2, 0.25) is 0 Å². The summed E-state index contributed by atoms with van der Waals surface area (Å²) >= 11 is 0. The van der Waals surface area contributed by atoms with Gasteiger partial charge in [-0.3, -0.25) is 9.79 Å². The molecule has 1 aliphatic carbocycles. The van der Waals surface area contributed by atoms with Gasteiger partial charge in [-0.1, -0.05) is 54.1 Å². The van der Waals surface area contributed by atoms with Crippen LogP contribution in [0.5, 0.6) is 0 Å². The Morgan fingerprint density at radius 2 is 1.67 bits per heavy atom. The van der Waals surface area contributed by atoms with Crippen LogP contribution < -0.4 is 0 Å². The van der Waals surface area contributed by atoms with Crippen LogP contribution in [0.25, 0.3) is 5.70 Å². The molecule has 0 radical (unpaired) electrons. The predicted octanol–water partition coefficient (Wildman–Crippen LogP) is 4.30. The molecule has 0 saturated heterocycles. The molecule has 2 atom stereocenters. The molecule has 2 aliphatic rings. The molecule has 2 aromatic rings. The molecule has 0 fully saturated rings. The van der Waals surface area contributed by atoms with E-state index >= 15 is 0 Å². The van der Waals surface area contributed by atoms with Gasteiger partial charge in [0.25, 0.3) is 0 Å². The molecule has 4 rings (SSSR count). The Morgan fingerprint density at radius 3 is 2.33 bits per heavy atom. The second-order valence-electron chi connectivity index (χ2n) is 6.39. The number of nitriles is 1. The van der Waals surface area contributed by atoms with Crippen LogP contribution in [0.3, 0.4) is 0 Å². The molecule has 0 bridgehead atoms. The lowest BCUT2D eigenvalue weighted by Crippen LogP contribution is -2.26. The average molecular weight is 312 g/mol. The zero-order valence-electron chi connectivity index (χ0n) is 13.6. The summed E-state index contributed by atoms with van der Waals surface area (Å²) in [5.41, 5.74) is 5.90. The van der Waals surface area contributed by atoms with E-state index in [0.717, 1.165) is 28.1 Å². The smallest absolute Gasteiger partial charge is 0.192 e. The normalized spacial score (nSPS) is 21.9. The van der Waals surface area contributed by atoms with Gasteiger partial charge < -0.3 is 0 Å². The van der Waals surface area contributed by atoms with Crippen molar-refractivity contribution >= 4 is 17.2 Å². The van der Waals surface area contributed by atoms with E-state index in [-0.39, 0.29) is 11.7 Å². The molecule has 0 aromatic heterocycles. The van der Waals surface area contributed by atoms with E-state index in [1.807, 2.05) is 62.4 Å². The Balaban J connectivity index is 1.96. The Hall–Kier alpha value is -2.99. The zero-order valence-corrected chi connectivity index (χ0v) is 13.6. The van der Waals surface area contributed by atoms with Crippen molar-refractivity contribution in [1.29, 1.82) is 5.26 Å². The van der Waals surface area contributed by atoms with Crippen LogP contribution >= 0.6 is 0 Å². The number of aliphatic imine (C=N–C) groups is 1. The van der Waals surface area contributed by atoms with Gasteiger partial charge in [0.05, 0.1) is 17.7 Å². The Bertz CT molecular complexity index is 958. The predicted molar refractivity (Wildman–Crippen MR) is 93.8 cm³/mol. The van der Waals surface area contributed by atoms with Gasteiger partial charge in [-0.25, -0.2) is 0 Å². The SMILES string of the molecule is CC1=NC2=C(C(=O)c3ccccc32)C(c2ccc(C)cc2)C1C#N. The van der Waals surface area contributed by atoms with Crippen molar-refractivity contribution in [2.24, 2.45) is 10.9 Å². The van der Waals surface area contributed by atoms with E-state index < -0.39 is 5.92 Å². The number of Topliss-reactive ketones (excluding diaryl/α,β-unsaturated/α-hetero) is 1. The molecule has 3 nitrogen and oxygen atoms in total. The largest absolute Gasteiger partial charge is 0.289 e. The number of aryl methyl sites for hydroxylation is 1. The lowest BCUT2D eigenvalue weighted by atomic mass is 9.76. The van der Waals surface area contributed by atoms with Crippen molar-refractivity contribution in [3.05, 3.63) is 76.4 Å². The molecule has 3 heteroatoms. The number of hydrogen-bond acceptors (Lipinski definition) is 3. The topological polar surface area (TPSA) is 53.2 Å². The molecule has 2 unspecified atom stereocenters. The quantitative estimate of drug-likeness (QED) is 0.788. The maximum absolute atomic E-state index is 13.0. The number of rotatable bonds is 1. The highest BCUT2D eigenvalue weighted by Gasteiger charge is 2.42. The van der Waals surface area contributed by atoms with Crippen LogP contribution in [0.15, 0.2) is 59.1 Å². The zero-order chi connectivity index (χ0) is 16.8. The van der Waals surface area contributed by atoms with Crippen molar-refractivity contribution in [2.45, 2.75) is 19.8 Å². The van der Waals surface area contributed by atoms with Crippen LogP contribution in [-0.4, -0.2) is 11.5 Å². The van der Waals surface area contributed by atoms with Gasteiger partial charge >= 0.3 is 0 Å². The maximum Gasteiger partial charge on any atom is 0.192 e. The summed E-state index contributed by atoms with van der Waals surface area (Å²) in [4.78, 5) is 17.6. The molecule has 24 heavy (non-hydrogen) atoms. The number of fused-ring (bicyclic) bond motifs is 2. The van der Waals surface area contributed by atoms with Crippen molar-refractivity contribution < 1.29 is 4.79 Å². The fourth-order valence-corrected chi connectivity index (χ4v) is 3.65. The summed E-state index contributed by atoms with van der Waals surface area (Å²) in [6.07, 6.45) is 0. The minimum Gasteiger partial charge on any atom is -0.289 e. The van der Waals surface area contributed by atoms with Gasteiger partial charge in [0.2, 0.25) is 0 Å². The third-order valence-electron chi connectivity index (χ3n) is 4.88. The minimum atomic E-state index is -0.412. The summed E-state index contributed by atoms with van der Waals surface area (Å²) in [5.74, 6) is -0.671. The van der Waals surface area contributed by atoms with Crippen molar-refractivity contribution in [3.63, 3.8) is 0 Å². The van der Waals surface area contributed by atoms with Crippen molar-refractivity contribution in [2.75, 3.05) is 0 Å². The average Bonchev–Trinajstić information content (AvgIpc) is 2.87. The summed E-state index contributed by atoms with van der Waals surface area (Å²) in [5, 5.41) is 9.71. The second-order valence-corrected chi connectivity index (χ2v) is 6.39. The number of hydrogen-bond donors (Lipinski definition) is 0. The highest BCUT2D eigenvalue weighted by atomic mass is 16.1. The third kappa shape index (κ3) is 1.97. The van der Waals surface area contributed by atoms with E-state index in [0.29, 0.717) is 11.1 Å². The number of carbonyl (C=O) groups is 1. The summed E-state index contributed by atoms with van der Waals surface area (Å²) in [6, 6.07) is 18.0. The van der Waals surface area contributed by atoms with Crippen LogP contribution in [0, 0.1) is 24.2 Å². The molecular formula is C21H16N2O. The molecule has 1 aliphatic heterocycles. The highest BCUT2D eigenvalue weighted by molar-refractivity contribution is 6.23. The standard InChI is InChI=1S/C21H16N2O/c1-12-7-9-14(10-8-12)18-17(11-22)13(2)23-20-15-5-3-4-6-16(15)21(24)19(18)20/h3-10,17-18H,1-2H3. The van der Waals surface area contributed by atoms with E-state index in [9.17, 15) is 10.1 Å². The first-order valence-electron chi connectivity index (χ1n) is 8.01. The fourth-order valence-electron chi connectivity index (χ4n) is 3.65. The molecular weight excluding hydrogens is 296 g/mol. The maximum atomic E-state index is 13.0. The number of nitrogens with zero attached hydrogens (tertiary/aromatic N) is 2. The van der Waals surface area contributed by atoms with Gasteiger partial charge in [-0.15, -0.1) is 0 Å². The monoisotopic (exact) mass is 312 g/mol. The number of allylic oxidation sites excluding steroid dienone is 1. The Labute approximate surface area is 141 Å².